The van der Waals surface area contributed by atoms with Crippen molar-refractivity contribution in [1.82, 2.24) is 5.32 Å². The molecule has 3 rings (SSSR count). The van der Waals surface area contributed by atoms with Gasteiger partial charge in [-0.3, -0.25) is 0 Å². The molecule has 3 heteroatoms. The van der Waals surface area contributed by atoms with Crippen LogP contribution in [-0.2, 0) is 6.42 Å². The van der Waals surface area contributed by atoms with Gasteiger partial charge in [0, 0.05) is 16.2 Å². The van der Waals surface area contributed by atoms with E-state index in [-0.39, 0.29) is 11.9 Å². The summed E-state index contributed by atoms with van der Waals surface area (Å²) >= 11 is 1.94. The molecule has 1 nitrogen and oxygen atoms in total. The molecule has 2 atom stereocenters. The van der Waals surface area contributed by atoms with E-state index in [1.807, 2.05) is 24.8 Å². The number of aryl methyl sites for hydroxylation is 1. The Kier molecular flexibility index (Phi) is 4.32. The van der Waals surface area contributed by atoms with Gasteiger partial charge in [-0.15, -0.1) is 11.8 Å². The lowest BCUT2D eigenvalue weighted by Crippen LogP contribution is -2.30. The maximum Gasteiger partial charge on any atom is 0.123 e. The Hall–Kier alpha value is -1.32. The predicted molar refractivity (Wildman–Crippen MR) is 87.3 cm³/mol. The van der Waals surface area contributed by atoms with E-state index in [4.69, 9.17) is 0 Å². The second-order valence-electron chi connectivity index (χ2n) is 5.50. The zero-order valence-electron chi connectivity index (χ0n) is 12.4. The van der Waals surface area contributed by atoms with Crippen LogP contribution in [0.15, 0.2) is 47.4 Å². The number of fused-ring (bicyclic) bond motifs is 1. The molecular formula is C18H20FNS. The van der Waals surface area contributed by atoms with Crippen LogP contribution >= 0.6 is 11.8 Å². The van der Waals surface area contributed by atoms with Crippen molar-refractivity contribution in [1.29, 1.82) is 0 Å². The molecule has 0 spiro atoms. The first-order valence-electron chi connectivity index (χ1n) is 7.43. The summed E-state index contributed by atoms with van der Waals surface area (Å²) in [5, 5.41) is 4.06. The van der Waals surface area contributed by atoms with E-state index in [0.29, 0.717) is 5.25 Å². The highest BCUT2D eigenvalue weighted by Gasteiger charge is 2.30. The van der Waals surface area contributed by atoms with Crippen molar-refractivity contribution in [3.63, 3.8) is 0 Å². The highest BCUT2D eigenvalue weighted by Crippen LogP contribution is 2.43. The van der Waals surface area contributed by atoms with Crippen LogP contribution in [0.5, 0.6) is 0 Å². The van der Waals surface area contributed by atoms with Crippen LogP contribution in [0.1, 0.15) is 29.7 Å². The van der Waals surface area contributed by atoms with Gasteiger partial charge < -0.3 is 5.32 Å². The molecule has 0 aromatic heterocycles. The van der Waals surface area contributed by atoms with Crippen molar-refractivity contribution in [3.8, 4) is 0 Å². The number of nitrogens with one attached hydrogen (secondary N) is 1. The van der Waals surface area contributed by atoms with Gasteiger partial charge in [0.15, 0.2) is 0 Å². The molecule has 2 aromatic carbocycles. The fraction of sp³-hybridized carbons (Fsp3) is 0.333. The summed E-state index contributed by atoms with van der Waals surface area (Å²) in [7, 11) is 0. The van der Waals surface area contributed by atoms with E-state index in [0.717, 1.165) is 18.5 Å². The average Bonchev–Trinajstić information content (AvgIpc) is 2.89. The second kappa shape index (κ2) is 6.20. The lowest BCUT2D eigenvalue weighted by Gasteiger charge is -2.25. The minimum Gasteiger partial charge on any atom is -0.309 e. The molecule has 21 heavy (non-hydrogen) atoms. The first kappa shape index (κ1) is 14.6. The molecule has 1 N–H and O–H groups in total. The van der Waals surface area contributed by atoms with Gasteiger partial charge in [-0.25, -0.2) is 4.39 Å². The van der Waals surface area contributed by atoms with E-state index in [1.165, 1.54) is 16.0 Å². The molecular weight excluding hydrogens is 281 g/mol. The Labute approximate surface area is 130 Å². The molecule has 1 aliphatic heterocycles. The van der Waals surface area contributed by atoms with E-state index in [2.05, 4.69) is 36.5 Å². The number of hydrogen-bond donors (Lipinski definition) is 1. The minimum absolute atomic E-state index is 0.158. The minimum atomic E-state index is -0.158. The normalized spacial score (nSPS) is 18.5. The smallest absolute Gasteiger partial charge is 0.123 e. The molecule has 2 aromatic rings. The molecule has 0 bridgehead atoms. The summed E-state index contributed by atoms with van der Waals surface area (Å²) in [4.78, 5) is 1.38. The van der Waals surface area contributed by atoms with Crippen LogP contribution < -0.4 is 5.32 Å². The molecule has 0 saturated heterocycles. The number of halogens is 1. The monoisotopic (exact) mass is 301 g/mol. The number of thioether (sulfide) groups is 1. The van der Waals surface area contributed by atoms with Crippen molar-refractivity contribution in [2.45, 2.75) is 36.5 Å². The molecule has 1 aliphatic rings. The first-order valence-corrected chi connectivity index (χ1v) is 8.31. The van der Waals surface area contributed by atoms with Crippen molar-refractivity contribution in [3.05, 3.63) is 65.0 Å². The molecule has 1 heterocycles. The predicted octanol–water partition coefficient (Wildman–Crippen LogP) is 4.50. The zero-order valence-corrected chi connectivity index (χ0v) is 13.2. The average molecular weight is 301 g/mol. The summed E-state index contributed by atoms with van der Waals surface area (Å²) in [5.74, 6) is -0.158. The van der Waals surface area contributed by atoms with Gasteiger partial charge in [0.05, 0.1) is 0 Å². The number of benzene rings is 2. The van der Waals surface area contributed by atoms with E-state index < -0.39 is 0 Å². The Morgan fingerprint density at radius 2 is 2.10 bits per heavy atom. The third-order valence-electron chi connectivity index (χ3n) is 4.03. The summed E-state index contributed by atoms with van der Waals surface area (Å²) in [6.07, 6.45) is 1.06. The van der Waals surface area contributed by atoms with Crippen molar-refractivity contribution >= 4 is 11.8 Å². The van der Waals surface area contributed by atoms with Crippen molar-refractivity contribution in [2.24, 2.45) is 0 Å². The van der Waals surface area contributed by atoms with Gasteiger partial charge in [-0.05, 0) is 54.8 Å². The third kappa shape index (κ3) is 2.99. The summed E-state index contributed by atoms with van der Waals surface area (Å²) < 4.78 is 13.4. The van der Waals surface area contributed by atoms with E-state index in [9.17, 15) is 4.39 Å². The van der Waals surface area contributed by atoms with Crippen LogP contribution in [0.3, 0.4) is 0 Å². The molecule has 0 saturated carbocycles. The molecule has 0 amide bonds. The SMILES string of the molecule is CCNC(c1ccc(F)cc1C)C1Cc2ccccc2S1. The highest BCUT2D eigenvalue weighted by molar-refractivity contribution is 8.00. The first-order chi connectivity index (χ1) is 10.2. The summed E-state index contributed by atoms with van der Waals surface area (Å²) in [5.41, 5.74) is 3.66. The second-order valence-corrected chi connectivity index (χ2v) is 6.79. The van der Waals surface area contributed by atoms with Crippen molar-refractivity contribution < 1.29 is 4.39 Å². The lowest BCUT2D eigenvalue weighted by molar-refractivity contribution is 0.527. The standard InChI is InChI=1S/C18H20FNS/c1-3-20-18(15-9-8-14(19)10-12(15)2)17-11-13-6-4-5-7-16(13)21-17/h4-10,17-18,20H,3,11H2,1-2H3. The van der Waals surface area contributed by atoms with Gasteiger partial charge >= 0.3 is 0 Å². The van der Waals surface area contributed by atoms with E-state index in [1.54, 1.807) is 12.1 Å². The quantitative estimate of drug-likeness (QED) is 0.892. The van der Waals surface area contributed by atoms with Crippen molar-refractivity contribution in [2.75, 3.05) is 6.54 Å². The Morgan fingerprint density at radius 3 is 2.81 bits per heavy atom. The molecule has 0 radical (unpaired) electrons. The van der Waals surface area contributed by atoms with Gasteiger partial charge in [0.1, 0.15) is 5.82 Å². The maximum absolute atomic E-state index is 13.4. The number of rotatable bonds is 4. The van der Waals surface area contributed by atoms with Crippen LogP contribution in [0.4, 0.5) is 4.39 Å². The topological polar surface area (TPSA) is 12.0 Å². The van der Waals surface area contributed by atoms with Crippen LogP contribution in [0.2, 0.25) is 0 Å². The third-order valence-corrected chi connectivity index (χ3v) is 5.43. The highest BCUT2D eigenvalue weighted by atomic mass is 32.2. The van der Waals surface area contributed by atoms with Gasteiger partial charge in [0.25, 0.3) is 0 Å². The van der Waals surface area contributed by atoms with Gasteiger partial charge in [-0.2, -0.15) is 0 Å². The fourth-order valence-electron chi connectivity index (χ4n) is 3.04. The molecule has 0 aliphatic carbocycles. The molecule has 0 fully saturated rings. The largest absolute Gasteiger partial charge is 0.309 e. The van der Waals surface area contributed by atoms with Gasteiger partial charge in [0.2, 0.25) is 0 Å². The van der Waals surface area contributed by atoms with E-state index >= 15 is 0 Å². The molecule has 110 valence electrons. The Bertz CT molecular complexity index is 616. The van der Waals surface area contributed by atoms with Crippen LogP contribution in [0, 0.1) is 12.7 Å². The maximum atomic E-state index is 13.4. The number of hydrogen-bond acceptors (Lipinski definition) is 2. The van der Waals surface area contributed by atoms with Crippen LogP contribution in [-0.4, -0.2) is 11.8 Å². The zero-order chi connectivity index (χ0) is 14.8. The molecule has 2 unspecified atom stereocenters. The Morgan fingerprint density at radius 1 is 1.29 bits per heavy atom. The fourth-order valence-corrected chi connectivity index (χ4v) is 4.47. The van der Waals surface area contributed by atoms with Crippen LogP contribution in [0.25, 0.3) is 0 Å². The summed E-state index contributed by atoms with van der Waals surface area (Å²) in [6, 6.07) is 14.0. The van der Waals surface area contributed by atoms with Gasteiger partial charge in [-0.1, -0.05) is 31.2 Å². The lowest BCUT2D eigenvalue weighted by atomic mass is 9.95. The summed E-state index contributed by atoms with van der Waals surface area (Å²) in [6.45, 7) is 5.03. The Balaban J connectivity index is 1.89.